The zero-order valence-electron chi connectivity index (χ0n) is 11.7. The van der Waals surface area contributed by atoms with Gasteiger partial charge in [-0.25, -0.2) is 0 Å². The first kappa shape index (κ1) is 17.0. The van der Waals surface area contributed by atoms with Gasteiger partial charge in [0.2, 0.25) is 0 Å². The number of fused-ring (bicyclic) bond motifs is 1. The minimum atomic E-state index is -3.93. The summed E-state index contributed by atoms with van der Waals surface area (Å²) in [6, 6.07) is 13.4. The van der Waals surface area contributed by atoms with Crippen LogP contribution >= 0.6 is 0 Å². The van der Waals surface area contributed by atoms with E-state index < -0.39 is 10.1 Å². The van der Waals surface area contributed by atoms with Gasteiger partial charge in [-0.1, -0.05) is 42.0 Å². The molecule has 0 unspecified atom stereocenters. The molecule has 0 aliphatic heterocycles. The maximum atomic E-state index is 12.3. The second-order valence-electron chi connectivity index (χ2n) is 4.50. The van der Waals surface area contributed by atoms with Crippen molar-refractivity contribution in [2.24, 2.45) is 0 Å². The van der Waals surface area contributed by atoms with Crippen LogP contribution in [0.5, 0.6) is 5.88 Å². The van der Waals surface area contributed by atoms with Crippen molar-refractivity contribution >= 4 is 21.0 Å². The molecule has 2 aromatic carbocycles. The van der Waals surface area contributed by atoms with Crippen LogP contribution in [0.3, 0.4) is 0 Å². The Labute approximate surface area is 153 Å². The molecule has 5 nitrogen and oxygen atoms in total. The van der Waals surface area contributed by atoms with Crippen LogP contribution in [0.1, 0.15) is 5.56 Å². The first-order valence-corrected chi connectivity index (χ1v) is 7.61. The third-order valence-corrected chi connectivity index (χ3v) is 4.18. The Morgan fingerprint density at radius 2 is 1.68 bits per heavy atom. The summed E-state index contributed by atoms with van der Waals surface area (Å²) in [5.41, 5.74) is 1.54. The summed E-state index contributed by atoms with van der Waals surface area (Å²) in [6.45, 7) is 1.88. The van der Waals surface area contributed by atoms with Crippen LogP contribution < -0.4 is 4.18 Å². The van der Waals surface area contributed by atoms with E-state index in [2.05, 4.69) is 16.3 Å². The van der Waals surface area contributed by atoms with Gasteiger partial charge < -0.3 is 14.2 Å². The molecule has 0 spiro atoms. The average molecular weight is 388 g/mol. The van der Waals surface area contributed by atoms with E-state index in [-0.39, 0.29) is 43.5 Å². The molecule has 1 heterocycles. The molecule has 0 N–H and O–H groups in total. The van der Waals surface area contributed by atoms with Crippen molar-refractivity contribution in [2.45, 2.75) is 11.8 Å². The van der Waals surface area contributed by atoms with Gasteiger partial charge >= 0.3 is 10.1 Å². The maximum absolute atomic E-state index is 12.3. The van der Waals surface area contributed by atoms with Crippen molar-refractivity contribution in [3.8, 4) is 5.88 Å². The Kier molecular flexibility index (Phi) is 5.26. The molecule has 1 radical (unpaired) electrons. The van der Waals surface area contributed by atoms with Gasteiger partial charge in [-0.15, -0.1) is 0 Å². The zero-order chi connectivity index (χ0) is 14.9. The zero-order valence-corrected chi connectivity index (χ0v) is 15.4. The van der Waals surface area contributed by atoms with Gasteiger partial charge in [0.05, 0.1) is 0 Å². The third-order valence-electron chi connectivity index (χ3n) is 2.95. The van der Waals surface area contributed by atoms with Gasteiger partial charge in [0, 0.05) is 39.0 Å². The van der Waals surface area contributed by atoms with Crippen molar-refractivity contribution in [3.63, 3.8) is 0 Å². The number of para-hydroxylation sites is 1. The van der Waals surface area contributed by atoms with E-state index in [1.54, 1.807) is 36.4 Å². The fourth-order valence-electron chi connectivity index (χ4n) is 1.86. The molecule has 0 saturated heterocycles. The number of nitrogens with zero attached hydrogens (tertiary/aromatic N) is 2. The summed E-state index contributed by atoms with van der Waals surface area (Å²) < 4.78 is 29.7. The standard InChI is InChI=1S/C15H11N2O3S.Y/c1-11-6-8-12(9-7-11)21(18,19)20-15-13-4-2-3-5-14(13)16-10-17-15;/h2-9H,1H3;/q-1;. The summed E-state index contributed by atoms with van der Waals surface area (Å²) in [6.07, 6.45) is 2.40. The predicted octanol–water partition coefficient (Wildman–Crippen LogP) is 2.50. The maximum Gasteiger partial charge on any atom is 0.329 e. The molecule has 0 aliphatic carbocycles. The number of hydrogen-bond donors (Lipinski definition) is 0. The molecule has 1 aromatic heterocycles. The van der Waals surface area contributed by atoms with Crippen LogP contribution in [-0.4, -0.2) is 18.4 Å². The Morgan fingerprint density at radius 1 is 1.00 bits per heavy atom. The Bertz CT molecular complexity index is 891. The van der Waals surface area contributed by atoms with Gasteiger partial charge in [0.15, 0.2) is 0 Å². The monoisotopic (exact) mass is 388 g/mol. The Hall–Kier alpha value is -1.37. The first-order chi connectivity index (χ1) is 10.1. The minimum absolute atomic E-state index is 0. The average Bonchev–Trinajstić information content (AvgIpc) is 2.48. The molecule has 0 bridgehead atoms. The molecule has 7 heteroatoms. The number of hydrogen-bond acceptors (Lipinski definition) is 5. The van der Waals surface area contributed by atoms with Crippen molar-refractivity contribution in [1.82, 2.24) is 9.97 Å². The summed E-state index contributed by atoms with van der Waals surface area (Å²) >= 11 is 0. The van der Waals surface area contributed by atoms with Crippen LogP contribution in [0, 0.1) is 13.3 Å². The van der Waals surface area contributed by atoms with Gasteiger partial charge in [-0.3, -0.25) is 0 Å². The van der Waals surface area contributed by atoms with Crippen molar-refractivity contribution in [2.75, 3.05) is 0 Å². The third kappa shape index (κ3) is 3.51. The molecule has 3 aromatic rings. The van der Waals surface area contributed by atoms with Crippen LogP contribution in [0.4, 0.5) is 0 Å². The molecular formula is C15H11N2O3SY-. The molecule has 0 saturated carbocycles. The number of aromatic nitrogens is 2. The van der Waals surface area contributed by atoms with E-state index >= 15 is 0 Å². The van der Waals surface area contributed by atoms with Crippen molar-refractivity contribution < 1.29 is 45.3 Å². The molecule has 0 fully saturated rings. The second kappa shape index (κ2) is 6.81. The number of aryl methyl sites for hydroxylation is 1. The van der Waals surface area contributed by atoms with Crippen LogP contribution in [-0.2, 0) is 42.8 Å². The van der Waals surface area contributed by atoms with E-state index in [1.807, 2.05) is 6.92 Å². The first-order valence-electron chi connectivity index (χ1n) is 6.20. The largest absolute Gasteiger partial charge is 0.422 e. The number of benzene rings is 2. The molecular weight excluding hydrogens is 377 g/mol. The smallest absolute Gasteiger partial charge is 0.329 e. The SMILES string of the molecule is Cc1ccc(S(=O)(=O)Oc2n[c-]nc3ccccc23)cc1.[Y]. The van der Waals surface area contributed by atoms with Gasteiger partial charge in [-0.2, -0.15) is 8.42 Å². The number of rotatable bonds is 3. The van der Waals surface area contributed by atoms with Gasteiger partial charge in [-0.05, 0) is 30.0 Å². The molecule has 0 aliphatic rings. The molecule has 109 valence electrons. The normalized spacial score (nSPS) is 11.0. The van der Waals surface area contributed by atoms with Gasteiger partial charge in [0.25, 0.3) is 0 Å². The van der Waals surface area contributed by atoms with Gasteiger partial charge in [0.1, 0.15) is 10.8 Å². The summed E-state index contributed by atoms with van der Waals surface area (Å²) in [5.74, 6) is -0.0267. The van der Waals surface area contributed by atoms with Crippen LogP contribution in [0.2, 0.25) is 0 Å². The second-order valence-corrected chi connectivity index (χ2v) is 6.04. The molecule has 3 rings (SSSR count). The summed E-state index contributed by atoms with van der Waals surface area (Å²) in [5, 5.41) is 0.520. The van der Waals surface area contributed by atoms with Crippen LogP contribution in [0.25, 0.3) is 10.9 Å². The molecule has 22 heavy (non-hydrogen) atoms. The minimum Gasteiger partial charge on any atom is -0.422 e. The van der Waals surface area contributed by atoms with E-state index in [9.17, 15) is 8.42 Å². The Morgan fingerprint density at radius 3 is 2.41 bits per heavy atom. The molecule has 0 atom stereocenters. The van der Waals surface area contributed by atoms with Crippen molar-refractivity contribution in [1.29, 1.82) is 0 Å². The van der Waals surface area contributed by atoms with Crippen LogP contribution in [0.15, 0.2) is 53.4 Å². The fraction of sp³-hybridized carbons (Fsp3) is 0.0667. The van der Waals surface area contributed by atoms with E-state index in [0.717, 1.165) is 5.56 Å². The van der Waals surface area contributed by atoms with Crippen molar-refractivity contribution in [3.05, 3.63) is 60.4 Å². The fourth-order valence-corrected chi connectivity index (χ4v) is 2.76. The summed E-state index contributed by atoms with van der Waals surface area (Å²) in [4.78, 5) is 7.82. The Balaban J connectivity index is 0.00000176. The topological polar surface area (TPSA) is 69.2 Å². The molecule has 0 amide bonds. The van der Waals surface area contributed by atoms with E-state index in [1.165, 1.54) is 12.1 Å². The van der Waals surface area contributed by atoms with E-state index in [0.29, 0.717) is 10.9 Å². The predicted molar refractivity (Wildman–Crippen MR) is 77.4 cm³/mol. The summed E-state index contributed by atoms with van der Waals surface area (Å²) in [7, 11) is -3.93. The quantitative estimate of drug-likeness (QED) is 0.510. The van der Waals surface area contributed by atoms with E-state index in [4.69, 9.17) is 4.18 Å².